The zero-order valence-corrected chi connectivity index (χ0v) is 9.91. The van der Waals surface area contributed by atoms with E-state index < -0.39 is 0 Å². The highest BCUT2D eigenvalue weighted by Gasteiger charge is 2.22. The summed E-state index contributed by atoms with van der Waals surface area (Å²) in [4.78, 5) is 0. The Balaban J connectivity index is 1.88. The summed E-state index contributed by atoms with van der Waals surface area (Å²) in [6.45, 7) is 0. The average Bonchev–Trinajstić information content (AvgIpc) is 2.65. The van der Waals surface area contributed by atoms with Crippen LogP contribution >= 0.6 is 11.8 Å². The van der Waals surface area contributed by atoms with Crippen molar-refractivity contribution in [2.75, 3.05) is 5.75 Å². The summed E-state index contributed by atoms with van der Waals surface area (Å²) in [7, 11) is 1.91. The lowest BCUT2D eigenvalue weighted by atomic mass is 10.1. The molecule has 4 heteroatoms. The molecule has 84 valence electrons. The van der Waals surface area contributed by atoms with Crippen molar-refractivity contribution in [3.8, 4) is 0 Å². The van der Waals surface area contributed by atoms with Gasteiger partial charge in [0.15, 0.2) is 0 Å². The number of aliphatic hydroxyl groups excluding tert-OH is 1. The first-order chi connectivity index (χ1) is 7.25. The van der Waals surface area contributed by atoms with Gasteiger partial charge in [0.25, 0.3) is 0 Å². The van der Waals surface area contributed by atoms with Crippen LogP contribution < -0.4 is 0 Å². The molecule has 15 heavy (non-hydrogen) atoms. The van der Waals surface area contributed by atoms with Gasteiger partial charge >= 0.3 is 0 Å². The molecule has 0 bridgehead atoms. The fraction of sp³-hybridized carbons (Fsp3) is 0.727. The van der Waals surface area contributed by atoms with E-state index in [-0.39, 0.29) is 6.10 Å². The van der Waals surface area contributed by atoms with Gasteiger partial charge in [0, 0.05) is 24.9 Å². The summed E-state index contributed by atoms with van der Waals surface area (Å²) in [5.41, 5.74) is 0.996. The highest BCUT2D eigenvalue weighted by molar-refractivity contribution is 8.00. The molecule has 3 nitrogen and oxygen atoms in total. The lowest BCUT2D eigenvalue weighted by Crippen LogP contribution is -2.28. The molecule has 0 aromatic carbocycles. The van der Waals surface area contributed by atoms with Gasteiger partial charge in [-0.25, -0.2) is 0 Å². The van der Waals surface area contributed by atoms with E-state index in [1.165, 1.54) is 18.6 Å². The maximum absolute atomic E-state index is 10.1. The number of thioether (sulfide) groups is 1. The second-order valence-corrected chi connectivity index (χ2v) is 5.50. The summed E-state index contributed by atoms with van der Waals surface area (Å²) < 4.78 is 1.79. The Hall–Kier alpha value is -0.480. The van der Waals surface area contributed by atoms with Crippen molar-refractivity contribution < 1.29 is 5.11 Å². The van der Waals surface area contributed by atoms with Crippen molar-refractivity contribution in [2.24, 2.45) is 7.05 Å². The van der Waals surface area contributed by atoms with Crippen molar-refractivity contribution in [3.05, 3.63) is 18.0 Å². The van der Waals surface area contributed by atoms with Gasteiger partial charge < -0.3 is 5.11 Å². The van der Waals surface area contributed by atoms with Crippen LogP contribution in [0.3, 0.4) is 0 Å². The van der Waals surface area contributed by atoms with Gasteiger partial charge in [0.05, 0.1) is 11.8 Å². The smallest absolute Gasteiger partial charge is 0.0714 e. The van der Waals surface area contributed by atoms with Crippen LogP contribution in [0.25, 0.3) is 0 Å². The lowest BCUT2D eigenvalue weighted by Gasteiger charge is -2.25. The number of rotatable bonds is 3. The number of hydrogen-bond acceptors (Lipinski definition) is 3. The highest BCUT2D eigenvalue weighted by atomic mass is 32.2. The third kappa shape index (κ3) is 2.98. The van der Waals surface area contributed by atoms with E-state index in [1.54, 1.807) is 4.68 Å². The summed E-state index contributed by atoms with van der Waals surface area (Å²) in [6, 6.07) is 1.98. The molecule has 0 radical (unpaired) electrons. The Bertz CT molecular complexity index is 307. The fourth-order valence-corrected chi connectivity index (χ4v) is 3.31. The molecule has 2 heterocycles. The van der Waals surface area contributed by atoms with Gasteiger partial charge in [0.2, 0.25) is 0 Å². The fourth-order valence-electron chi connectivity index (χ4n) is 1.99. The van der Waals surface area contributed by atoms with Crippen LogP contribution in [0.2, 0.25) is 0 Å². The normalized spacial score (nSPS) is 24.0. The van der Waals surface area contributed by atoms with Gasteiger partial charge in [-0.3, -0.25) is 4.68 Å². The van der Waals surface area contributed by atoms with Crippen LogP contribution in [0.5, 0.6) is 0 Å². The largest absolute Gasteiger partial charge is 0.392 e. The van der Waals surface area contributed by atoms with E-state index in [0.717, 1.165) is 12.1 Å². The van der Waals surface area contributed by atoms with Crippen LogP contribution in [0.1, 0.15) is 25.0 Å². The highest BCUT2D eigenvalue weighted by Crippen LogP contribution is 2.28. The zero-order chi connectivity index (χ0) is 10.7. The quantitative estimate of drug-likeness (QED) is 0.851. The van der Waals surface area contributed by atoms with Crippen LogP contribution in [0.4, 0.5) is 0 Å². The molecule has 0 aliphatic carbocycles. The Morgan fingerprint density at radius 1 is 1.67 bits per heavy atom. The van der Waals surface area contributed by atoms with Crippen LogP contribution in [0, 0.1) is 0 Å². The van der Waals surface area contributed by atoms with Gasteiger partial charge in [-0.1, -0.05) is 6.42 Å². The molecule has 1 aromatic heterocycles. The van der Waals surface area contributed by atoms with Crippen LogP contribution in [-0.4, -0.2) is 32.0 Å². The summed E-state index contributed by atoms with van der Waals surface area (Å²) >= 11 is 1.91. The first kappa shape index (κ1) is 11.0. The molecule has 1 aromatic rings. The van der Waals surface area contributed by atoms with Gasteiger partial charge in [-0.05, 0) is 24.7 Å². The minimum absolute atomic E-state index is 0.231. The molecule has 0 spiro atoms. The van der Waals surface area contributed by atoms with Crippen molar-refractivity contribution in [1.82, 2.24) is 9.78 Å². The lowest BCUT2D eigenvalue weighted by molar-refractivity contribution is 0.165. The van der Waals surface area contributed by atoms with Crippen LogP contribution in [-0.2, 0) is 13.5 Å². The second-order valence-electron chi connectivity index (χ2n) is 4.16. The van der Waals surface area contributed by atoms with E-state index in [1.807, 2.05) is 31.1 Å². The first-order valence-corrected chi connectivity index (χ1v) is 6.59. The molecule has 1 N–H and O–H groups in total. The van der Waals surface area contributed by atoms with Crippen molar-refractivity contribution in [1.29, 1.82) is 0 Å². The number of aliphatic hydroxyl groups is 1. The van der Waals surface area contributed by atoms with Gasteiger partial charge in [0.1, 0.15) is 0 Å². The summed E-state index contributed by atoms with van der Waals surface area (Å²) in [5, 5.41) is 14.8. The third-order valence-corrected chi connectivity index (χ3v) is 4.33. The predicted octanol–water partition coefficient (Wildman–Crippen LogP) is 1.61. The van der Waals surface area contributed by atoms with E-state index in [2.05, 4.69) is 5.10 Å². The Labute approximate surface area is 94.9 Å². The molecule has 0 saturated carbocycles. The van der Waals surface area contributed by atoms with Crippen molar-refractivity contribution in [3.63, 3.8) is 0 Å². The zero-order valence-electron chi connectivity index (χ0n) is 9.09. The predicted molar refractivity (Wildman–Crippen MR) is 63.0 cm³/mol. The number of aromatic nitrogens is 2. The molecular weight excluding hydrogens is 208 g/mol. The average molecular weight is 226 g/mol. The van der Waals surface area contributed by atoms with Crippen LogP contribution in [0.15, 0.2) is 12.3 Å². The van der Waals surface area contributed by atoms with E-state index in [4.69, 9.17) is 0 Å². The Morgan fingerprint density at radius 2 is 2.53 bits per heavy atom. The molecule has 1 aliphatic heterocycles. The SMILES string of the molecule is Cn1ccc(CC(O)C2CCCCS2)n1. The molecule has 1 fully saturated rings. The number of nitrogens with zero attached hydrogens (tertiary/aromatic N) is 2. The Kier molecular flexibility index (Phi) is 3.70. The number of hydrogen-bond donors (Lipinski definition) is 1. The van der Waals surface area contributed by atoms with E-state index in [0.29, 0.717) is 11.7 Å². The molecule has 1 aliphatic rings. The Morgan fingerprint density at radius 3 is 3.13 bits per heavy atom. The summed E-state index contributed by atoms with van der Waals surface area (Å²) in [5.74, 6) is 1.20. The second kappa shape index (κ2) is 5.03. The molecular formula is C11H18N2OS. The van der Waals surface area contributed by atoms with Gasteiger partial charge in [-0.2, -0.15) is 16.9 Å². The monoisotopic (exact) mass is 226 g/mol. The maximum Gasteiger partial charge on any atom is 0.0714 e. The number of aryl methyl sites for hydroxylation is 1. The molecule has 2 rings (SSSR count). The van der Waals surface area contributed by atoms with Crippen molar-refractivity contribution >= 4 is 11.8 Å². The molecule has 2 unspecified atom stereocenters. The third-order valence-electron chi connectivity index (χ3n) is 2.83. The topological polar surface area (TPSA) is 38.0 Å². The summed E-state index contributed by atoms with van der Waals surface area (Å²) in [6.07, 6.45) is 6.10. The van der Waals surface area contributed by atoms with E-state index >= 15 is 0 Å². The minimum Gasteiger partial charge on any atom is -0.392 e. The standard InChI is InChI=1S/C11H18N2OS/c1-13-6-5-9(12-13)8-10(14)11-4-2-3-7-15-11/h5-6,10-11,14H,2-4,7-8H2,1H3. The van der Waals surface area contributed by atoms with Gasteiger partial charge in [-0.15, -0.1) is 0 Å². The first-order valence-electron chi connectivity index (χ1n) is 5.54. The molecule has 1 saturated heterocycles. The molecule has 2 atom stereocenters. The molecule has 0 amide bonds. The maximum atomic E-state index is 10.1. The minimum atomic E-state index is -0.231. The van der Waals surface area contributed by atoms with E-state index in [9.17, 15) is 5.11 Å². The van der Waals surface area contributed by atoms with Crippen molar-refractivity contribution in [2.45, 2.75) is 37.0 Å².